The minimum atomic E-state index is -0.189. The van der Waals surface area contributed by atoms with Gasteiger partial charge in [-0.05, 0) is 42.5 Å². The number of benzene rings is 1. The summed E-state index contributed by atoms with van der Waals surface area (Å²) in [6, 6.07) is 4.93. The lowest BCUT2D eigenvalue weighted by Gasteiger charge is -2.41. The number of hydrogen-bond acceptors (Lipinski definition) is 2. The molecule has 3 heterocycles. The van der Waals surface area contributed by atoms with E-state index in [0.29, 0.717) is 5.92 Å². The number of rotatable bonds is 3. The van der Waals surface area contributed by atoms with Crippen molar-refractivity contribution >= 4 is 17.3 Å². The Hall–Kier alpha value is -1.92. The predicted molar refractivity (Wildman–Crippen MR) is 90.2 cm³/mol. The molecule has 1 aromatic heterocycles. The fourth-order valence-corrected chi connectivity index (χ4v) is 3.97. The topological polar surface area (TPSA) is 53.4 Å². The quantitative estimate of drug-likeness (QED) is 0.875. The van der Waals surface area contributed by atoms with E-state index in [4.69, 9.17) is 5.32 Å². The summed E-state index contributed by atoms with van der Waals surface area (Å²) in [5.41, 5.74) is 2.20. The largest absolute Gasteiger partial charge is 0.361 e. The number of aromatic amines is 1. The second kappa shape index (κ2) is 6.53. The van der Waals surface area contributed by atoms with Crippen molar-refractivity contribution < 1.29 is 9.18 Å². The number of fused-ring (bicyclic) bond motifs is 1. The molecule has 0 aliphatic carbocycles. The van der Waals surface area contributed by atoms with Gasteiger partial charge in [-0.25, -0.2) is 9.71 Å². The molecule has 2 aliphatic heterocycles. The van der Waals surface area contributed by atoms with Crippen molar-refractivity contribution in [2.24, 2.45) is 0 Å². The summed E-state index contributed by atoms with van der Waals surface area (Å²) in [6.07, 6.45) is 5.13. The molecule has 2 unspecified atom stereocenters. The molecular formula is C18H22FN4O. The van der Waals surface area contributed by atoms with Crippen LogP contribution >= 0.6 is 0 Å². The van der Waals surface area contributed by atoms with Crippen LogP contribution in [0.1, 0.15) is 24.3 Å². The minimum absolute atomic E-state index is 0.189. The Labute approximate surface area is 140 Å². The highest BCUT2D eigenvalue weighted by molar-refractivity contribution is 5.83. The molecule has 24 heavy (non-hydrogen) atoms. The van der Waals surface area contributed by atoms with Crippen molar-refractivity contribution in [3.05, 3.63) is 35.8 Å². The lowest BCUT2D eigenvalue weighted by Crippen LogP contribution is -2.54. The first kappa shape index (κ1) is 15.6. The maximum Gasteiger partial charge on any atom is 0.209 e. The Kier molecular flexibility index (Phi) is 4.24. The van der Waals surface area contributed by atoms with E-state index in [1.807, 2.05) is 11.1 Å². The number of halogens is 1. The van der Waals surface area contributed by atoms with Crippen LogP contribution in [0.4, 0.5) is 4.39 Å². The van der Waals surface area contributed by atoms with Gasteiger partial charge in [0.1, 0.15) is 5.82 Å². The fraction of sp³-hybridized carbons (Fsp3) is 0.500. The van der Waals surface area contributed by atoms with Crippen molar-refractivity contribution in [2.45, 2.75) is 24.9 Å². The van der Waals surface area contributed by atoms with E-state index in [1.54, 1.807) is 12.1 Å². The molecule has 6 heteroatoms. The SMILES string of the molecule is O=CN1CCN(C2CC(c3c[nH]c4ccc(F)cc34)CC[N]2)CC1. The molecule has 2 fully saturated rings. The number of H-pyrrole nitrogens is 1. The monoisotopic (exact) mass is 329 g/mol. The van der Waals surface area contributed by atoms with Crippen molar-refractivity contribution in [2.75, 3.05) is 32.7 Å². The average Bonchev–Trinajstić information content (AvgIpc) is 3.05. The molecule has 0 bridgehead atoms. The van der Waals surface area contributed by atoms with Crippen LogP contribution in [0.15, 0.2) is 24.4 Å². The Balaban J connectivity index is 1.50. The van der Waals surface area contributed by atoms with Gasteiger partial charge in [0.05, 0.1) is 6.17 Å². The standard InChI is InChI=1S/C18H22FN4O/c19-14-1-2-17-15(10-14)16(11-21-17)13-3-4-20-18(9-13)23-7-5-22(12-24)6-8-23/h1-2,10-13,18,21H,3-9H2. The third kappa shape index (κ3) is 2.91. The first-order valence-corrected chi connectivity index (χ1v) is 8.61. The van der Waals surface area contributed by atoms with Gasteiger partial charge in [-0.15, -0.1) is 0 Å². The summed E-state index contributed by atoms with van der Waals surface area (Å²) >= 11 is 0. The van der Waals surface area contributed by atoms with Gasteiger partial charge in [0.15, 0.2) is 0 Å². The van der Waals surface area contributed by atoms with Crippen LogP contribution in [-0.2, 0) is 4.79 Å². The number of piperidine rings is 1. The van der Waals surface area contributed by atoms with Crippen molar-refractivity contribution in [1.29, 1.82) is 0 Å². The third-order valence-electron chi connectivity index (χ3n) is 5.35. The van der Waals surface area contributed by atoms with E-state index in [9.17, 15) is 9.18 Å². The van der Waals surface area contributed by atoms with Gasteiger partial charge in [0, 0.05) is 49.8 Å². The fourth-order valence-electron chi connectivity index (χ4n) is 3.97. The highest BCUT2D eigenvalue weighted by atomic mass is 19.1. The van der Waals surface area contributed by atoms with Crippen LogP contribution in [0.3, 0.4) is 0 Å². The molecule has 1 N–H and O–H groups in total. The van der Waals surface area contributed by atoms with Crippen molar-refractivity contribution in [3.63, 3.8) is 0 Å². The zero-order chi connectivity index (χ0) is 16.5. The molecule has 1 amide bonds. The second-order valence-electron chi connectivity index (χ2n) is 6.72. The van der Waals surface area contributed by atoms with Gasteiger partial charge in [0.2, 0.25) is 6.41 Å². The van der Waals surface area contributed by atoms with Gasteiger partial charge in [-0.3, -0.25) is 9.69 Å². The van der Waals surface area contributed by atoms with Gasteiger partial charge >= 0.3 is 0 Å². The molecule has 4 rings (SSSR count). The summed E-state index contributed by atoms with van der Waals surface area (Å²) in [5, 5.41) is 5.79. The lowest BCUT2D eigenvalue weighted by molar-refractivity contribution is -0.120. The summed E-state index contributed by atoms with van der Waals surface area (Å²) in [5.74, 6) is 0.206. The molecule has 2 saturated heterocycles. The molecular weight excluding hydrogens is 307 g/mol. The normalized spacial score (nSPS) is 26.0. The summed E-state index contributed by atoms with van der Waals surface area (Å²) < 4.78 is 13.6. The predicted octanol–water partition coefficient (Wildman–Crippen LogP) is 1.89. The van der Waals surface area contributed by atoms with Crippen LogP contribution < -0.4 is 5.32 Å². The number of hydrogen-bond donors (Lipinski definition) is 1. The van der Waals surface area contributed by atoms with Crippen LogP contribution in [0.25, 0.3) is 10.9 Å². The number of nitrogens with one attached hydrogen (secondary N) is 1. The Bertz CT molecular complexity index is 723. The van der Waals surface area contributed by atoms with Gasteiger partial charge in [-0.2, -0.15) is 0 Å². The molecule has 1 radical (unpaired) electrons. The Morgan fingerprint density at radius 2 is 2.08 bits per heavy atom. The summed E-state index contributed by atoms with van der Waals surface area (Å²) in [6.45, 7) is 4.15. The van der Waals surface area contributed by atoms with E-state index in [1.165, 1.54) is 11.6 Å². The summed E-state index contributed by atoms with van der Waals surface area (Å²) in [7, 11) is 0. The zero-order valence-electron chi connectivity index (χ0n) is 13.6. The van der Waals surface area contributed by atoms with Crippen molar-refractivity contribution in [1.82, 2.24) is 20.1 Å². The number of amides is 1. The number of carbonyl (C=O) groups excluding carboxylic acids is 1. The Morgan fingerprint density at radius 3 is 2.88 bits per heavy atom. The number of piperazine rings is 1. The number of aromatic nitrogens is 1. The van der Waals surface area contributed by atoms with Crippen LogP contribution in [0, 0.1) is 5.82 Å². The van der Waals surface area contributed by atoms with E-state index in [-0.39, 0.29) is 12.0 Å². The Morgan fingerprint density at radius 1 is 1.25 bits per heavy atom. The molecule has 127 valence electrons. The molecule has 2 aromatic rings. The molecule has 0 spiro atoms. The first-order valence-electron chi connectivity index (χ1n) is 8.61. The van der Waals surface area contributed by atoms with Gasteiger partial charge in [0.25, 0.3) is 0 Å². The minimum Gasteiger partial charge on any atom is -0.361 e. The zero-order valence-corrected chi connectivity index (χ0v) is 13.6. The van der Waals surface area contributed by atoms with Crippen LogP contribution in [0.2, 0.25) is 0 Å². The second-order valence-corrected chi connectivity index (χ2v) is 6.72. The van der Waals surface area contributed by atoms with E-state index >= 15 is 0 Å². The molecule has 2 aliphatic rings. The smallest absolute Gasteiger partial charge is 0.209 e. The van der Waals surface area contributed by atoms with E-state index < -0.39 is 0 Å². The molecule has 2 atom stereocenters. The first-order chi connectivity index (χ1) is 11.7. The van der Waals surface area contributed by atoms with Crippen molar-refractivity contribution in [3.8, 4) is 0 Å². The van der Waals surface area contributed by atoms with E-state index in [0.717, 1.165) is 62.9 Å². The number of nitrogens with zero attached hydrogens (tertiary/aromatic N) is 3. The molecule has 0 saturated carbocycles. The highest BCUT2D eigenvalue weighted by Gasteiger charge is 2.31. The third-order valence-corrected chi connectivity index (χ3v) is 5.35. The lowest BCUT2D eigenvalue weighted by atomic mass is 9.88. The maximum absolute atomic E-state index is 13.6. The average molecular weight is 329 g/mol. The van der Waals surface area contributed by atoms with Gasteiger partial charge < -0.3 is 9.88 Å². The van der Waals surface area contributed by atoms with Gasteiger partial charge in [-0.1, -0.05) is 0 Å². The molecule has 5 nitrogen and oxygen atoms in total. The van der Waals surface area contributed by atoms with Crippen LogP contribution in [-0.4, -0.2) is 60.1 Å². The van der Waals surface area contributed by atoms with E-state index in [2.05, 4.69) is 9.88 Å². The number of carbonyl (C=O) groups is 1. The maximum atomic E-state index is 13.6. The van der Waals surface area contributed by atoms with Crippen LogP contribution in [0.5, 0.6) is 0 Å². The highest BCUT2D eigenvalue weighted by Crippen LogP contribution is 2.34. The summed E-state index contributed by atoms with van der Waals surface area (Å²) in [4.78, 5) is 18.3. The molecule has 1 aromatic carbocycles.